The topological polar surface area (TPSA) is 58.7 Å². The highest BCUT2D eigenvalue weighted by molar-refractivity contribution is 5.22. The molecule has 3 N–H and O–H groups in total. The first kappa shape index (κ1) is 28.3. The van der Waals surface area contributed by atoms with E-state index < -0.39 is 5.72 Å². The maximum absolute atomic E-state index is 11.3. The number of nitrogens with two attached hydrogens (primary N) is 1. The van der Waals surface area contributed by atoms with E-state index in [1.54, 1.807) is 0 Å². The Kier molecular flexibility index (Phi) is 15.0. The van der Waals surface area contributed by atoms with E-state index in [0.29, 0.717) is 0 Å². The summed E-state index contributed by atoms with van der Waals surface area (Å²) in [6.45, 7) is 6.54. The third kappa shape index (κ3) is 11.8. The van der Waals surface area contributed by atoms with Crippen molar-refractivity contribution in [3.8, 4) is 0 Å². The van der Waals surface area contributed by atoms with E-state index in [1.165, 1.54) is 83.5 Å². The Labute approximate surface area is 204 Å². The third-order valence-corrected chi connectivity index (χ3v) is 7.35. The number of nitrogens with zero attached hydrogens (tertiary/aromatic N) is 1. The zero-order chi connectivity index (χ0) is 23.6. The van der Waals surface area contributed by atoms with Crippen molar-refractivity contribution in [2.45, 2.75) is 109 Å². The molecule has 2 atom stereocenters. The van der Waals surface area contributed by atoms with Crippen LogP contribution >= 0.6 is 0 Å². The fourth-order valence-electron chi connectivity index (χ4n) is 5.07. The third-order valence-electron chi connectivity index (χ3n) is 7.35. The van der Waals surface area contributed by atoms with Crippen molar-refractivity contribution in [2.75, 3.05) is 32.8 Å². The van der Waals surface area contributed by atoms with Crippen LogP contribution in [0.3, 0.4) is 0 Å². The van der Waals surface area contributed by atoms with Gasteiger partial charge in [0.1, 0.15) is 5.72 Å². The van der Waals surface area contributed by atoms with Gasteiger partial charge >= 0.3 is 0 Å². The summed E-state index contributed by atoms with van der Waals surface area (Å²) in [7, 11) is 0. The minimum Gasteiger partial charge on any atom is -0.379 e. The second-order valence-electron chi connectivity index (χ2n) is 10.2. The highest BCUT2D eigenvalue weighted by atomic mass is 16.5. The van der Waals surface area contributed by atoms with Crippen LogP contribution in [0.1, 0.15) is 109 Å². The molecule has 2 rings (SSSR count). The molecule has 1 fully saturated rings. The Balaban J connectivity index is 1.61. The zero-order valence-electron chi connectivity index (χ0n) is 21.5. The monoisotopic (exact) mass is 460 g/mol. The lowest BCUT2D eigenvalue weighted by atomic mass is 9.85. The molecule has 0 saturated carbocycles. The Morgan fingerprint density at radius 2 is 1.30 bits per heavy atom. The SMILES string of the molecule is CCCCCCCCCCCCCCCCC(CN1CCOCC1)C(N)(O)c1ccccc1. The maximum atomic E-state index is 11.3. The van der Waals surface area contributed by atoms with E-state index >= 15 is 0 Å². The van der Waals surface area contributed by atoms with Gasteiger partial charge in [0.15, 0.2) is 0 Å². The van der Waals surface area contributed by atoms with Gasteiger partial charge in [0.2, 0.25) is 0 Å². The molecule has 0 radical (unpaired) electrons. The number of hydrogen-bond donors (Lipinski definition) is 2. The van der Waals surface area contributed by atoms with Crippen LogP contribution in [0.15, 0.2) is 30.3 Å². The first-order valence-electron chi connectivity index (χ1n) is 14.0. The van der Waals surface area contributed by atoms with Gasteiger partial charge in [0.25, 0.3) is 0 Å². The van der Waals surface area contributed by atoms with Crippen LogP contribution in [0, 0.1) is 5.92 Å². The molecule has 0 aromatic heterocycles. The van der Waals surface area contributed by atoms with E-state index in [0.717, 1.165) is 51.3 Å². The van der Waals surface area contributed by atoms with Crippen molar-refractivity contribution >= 4 is 0 Å². The fraction of sp³-hybridized carbons (Fsp3) is 0.793. The van der Waals surface area contributed by atoms with Gasteiger partial charge in [-0.1, -0.05) is 127 Å². The molecule has 1 aromatic carbocycles. The normalized spacial score (nSPS) is 17.7. The van der Waals surface area contributed by atoms with E-state index in [4.69, 9.17) is 10.5 Å². The van der Waals surface area contributed by atoms with Crippen molar-refractivity contribution < 1.29 is 9.84 Å². The van der Waals surface area contributed by atoms with Gasteiger partial charge in [-0.05, 0) is 12.0 Å². The van der Waals surface area contributed by atoms with E-state index in [1.807, 2.05) is 30.3 Å². The van der Waals surface area contributed by atoms with Crippen molar-refractivity contribution in [3.05, 3.63) is 35.9 Å². The highest BCUT2D eigenvalue weighted by Gasteiger charge is 2.35. The number of benzene rings is 1. The lowest BCUT2D eigenvalue weighted by Crippen LogP contribution is -2.50. The molecule has 4 heteroatoms. The van der Waals surface area contributed by atoms with Gasteiger partial charge in [0, 0.05) is 25.6 Å². The Morgan fingerprint density at radius 1 is 0.818 bits per heavy atom. The first-order valence-corrected chi connectivity index (χ1v) is 14.0. The quantitative estimate of drug-likeness (QED) is 0.180. The largest absolute Gasteiger partial charge is 0.379 e. The molecule has 2 unspecified atom stereocenters. The molecular formula is C29H52N2O2. The Morgan fingerprint density at radius 3 is 1.82 bits per heavy atom. The van der Waals surface area contributed by atoms with Crippen LogP contribution < -0.4 is 5.73 Å². The van der Waals surface area contributed by atoms with Crippen LogP contribution in [0.2, 0.25) is 0 Å². The molecule has 0 bridgehead atoms. The second kappa shape index (κ2) is 17.5. The Bertz CT molecular complexity index is 572. The predicted octanol–water partition coefficient (Wildman–Crippen LogP) is 6.61. The van der Waals surface area contributed by atoms with Crippen LogP contribution in [0.4, 0.5) is 0 Å². The fourth-order valence-corrected chi connectivity index (χ4v) is 5.07. The molecule has 4 nitrogen and oxygen atoms in total. The second-order valence-corrected chi connectivity index (χ2v) is 10.2. The van der Waals surface area contributed by atoms with Crippen molar-refractivity contribution in [2.24, 2.45) is 11.7 Å². The van der Waals surface area contributed by atoms with Gasteiger partial charge in [-0.2, -0.15) is 0 Å². The smallest absolute Gasteiger partial charge is 0.143 e. The van der Waals surface area contributed by atoms with E-state index in [2.05, 4.69) is 11.8 Å². The van der Waals surface area contributed by atoms with Crippen molar-refractivity contribution in [1.82, 2.24) is 4.90 Å². The van der Waals surface area contributed by atoms with Gasteiger partial charge in [-0.3, -0.25) is 10.6 Å². The lowest BCUT2D eigenvalue weighted by molar-refractivity contribution is -0.0501. The standard InChI is InChI=1S/C29H52N2O2/c1-2-3-4-5-6-7-8-9-10-11-12-13-14-16-21-28(26-31-22-24-33-25-23-31)29(30,32)27-19-17-15-18-20-27/h15,17-20,28,32H,2-14,16,21-26,30H2,1H3. The van der Waals surface area contributed by atoms with Crippen LogP contribution in [0.5, 0.6) is 0 Å². The molecule has 0 spiro atoms. The average Bonchev–Trinajstić information content (AvgIpc) is 2.84. The van der Waals surface area contributed by atoms with Crippen LogP contribution in [-0.2, 0) is 10.5 Å². The van der Waals surface area contributed by atoms with Crippen molar-refractivity contribution in [1.29, 1.82) is 0 Å². The van der Waals surface area contributed by atoms with Gasteiger partial charge < -0.3 is 9.84 Å². The molecule has 0 aliphatic carbocycles. The first-order chi connectivity index (χ1) is 16.1. The van der Waals surface area contributed by atoms with Gasteiger partial charge in [-0.15, -0.1) is 0 Å². The summed E-state index contributed by atoms with van der Waals surface area (Å²) in [4.78, 5) is 2.40. The molecule has 1 aliphatic rings. The molecule has 1 heterocycles. The zero-order valence-corrected chi connectivity index (χ0v) is 21.5. The summed E-state index contributed by atoms with van der Waals surface area (Å²) < 4.78 is 5.50. The number of morpholine rings is 1. The van der Waals surface area contributed by atoms with Crippen LogP contribution in [-0.4, -0.2) is 42.9 Å². The number of rotatable bonds is 19. The minimum absolute atomic E-state index is 0.0373. The maximum Gasteiger partial charge on any atom is 0.143 e. The molecule has 1 aromatic rings. The molecule has 1 saturated heterocycles. The Hall–Kier alpha value is -0.940. The summed E-state index contributed by atoms with van der Waals surface area (Å²) in [6, 6.07) is 9.82. The van der Waals surface area contributed by atoms with Gasteiger partial charge in [-0.25, -0.2) is 0 Å². The molecular weight excluding hydrogens is 408 g/mol. The summed E-state index contributed by atoms with van der Waals surface area (Å²) in [5.41, 5.74) is 6.10. The molecule has 190 valence electrons. The average molecular weight is 461 g/mol. The molecule has 0 amide bonds. The van der Waals surface area contributed by atoms with E-state index in [9.17, 15) is 5.11 Å². The van der Waals surface area contributed by atoms with Gasteiger partial charge in [0.05, 0.1) is 13.2 Å². The van der Waals surface area contributed by atoms with Crippen LogP contribution in [0.25, 0.3) is 0 Å². The number of ether oxygens (including phenoxy) is 1. The number of hydrogen-bond acceptors (Lipinski definition) is 4. The summed E-state index contributed by atoms with van der Waals surface area (Å²) in [5.74, 6) is 0.0373. The number of aliphatic hydroxyl groups is 1. The summed E-state index contributed by atoms with van der Waals surface area (Å²) in [6.07, 6.45) is 20.1. The minimum atomic E-state index is -1.28. The van der Waals surface area contributed by atoms with Crippen molar-refractivity contribution in [3.63, 3.8) is 0 Å². The molecule has 33 heavy (non-hydrogen) atoms. The lowest BCUT2D eigenvalue weighted by Gasteiger charge is -2.38. The summed E-state index contributed by atoms with van der Waals surface area (Å²) in [5, 5.41) is 11.3. The van der Waals surface area contributed by atoms with E-state index in [-0.39, 0.29) is 5.92 Å². The summed E-state index contributed by atoms with van der Waals surface area (Å²) >= 11 is 0. The number of unbranched alkanes of at least 4 members (excludes halogenated alkanes) is 13. The molecule has 1 aliphatic heterocycles. The predicted molar refractivity (Wildman–Crippen MR) is 140 cm³/mol. The highest BCUT2D eigenvalue weighted by Crippen LogP contribution is 2.30.